The van der Waals surface area contributed by atoms with E-state index in [1.165, 1.54) is 0 Å². The fourth-order valence-electron chi connectivity index (χ4n) is 3.25. The quantitative estimate of drug-likeness (QED) is 0.787. The average Bonchev–Trinajstić information content (AvgIpc) is 2.56. The maximum absolute atomic E-state index is 12.9. The highest BCUT2D eigenvalue weighted by Crippen LogP contribution is 2.32. The molecule has 1 aliphatic heterocycles. The number of benzene rings is 1. The van der Waals surface area contributed by atoms with Crippen molar-refractivity contribution in [3.8, 4) is 0 Å². The summed E-state index contributed by atoms with van der Waals surface area (Å²) >= 11 is 0. The van der Waals surface area contributed by atoms with Gasteiger partial charge in [-0.15, -0.1) is 0 Å². The van der Waals surface area contributed by atoms with Gasteiger partial charge in [-0.25, -0.2) is 0 Å². The van der Waals surface area contributed by atoms with Crippen LogP contribution in [0, 0.1) is 24.2 Å². The Bertz CT molecular complexity index is 460. The highest BCUT2D eigenvalue weighted by molar-refractivity contribution is 5.98. The van der Waals surface area contributed by atoms with Gasteiger partial charge in [0.2, 0.25) is 0 Å². The monoisotopic (exact) mass is 302 g/mol. The molecule has 0 aromatic heterocycles. The zero-order valence-corrected chi connectivity index (χ0v) is 13.7. The predicted molar refractivity (Wildman–Crippen MR) is 89.7 cm³/mol. The Balaban J connectivity index is 2.13. The van der Waals surface area contributed by atoms with E-state index in [0.717, 1.165) is 31.5 Å². The number of rotatable bonds is 7. The van der Waals surface area contributed by atoms with Gasteiger partial charge in [-0.3, -0.25) is 4.79 Å². The minimum Gasteiger partial charge on any atom is -0.395 e. The van der Waals surface area contributed by atoms with E-state index < -0.39 is 0 Å². The standard InChI is InChI=1S/C19H28NO2/c1-3-15(2)13-17-9-10-20(11-12-21)14-18(17)19(22)16-7-5-4-6-8-16/h4-9,15,17-18,21H,3,10-14H2,1-2H3/t15?,17-,18+/m1/s1. The maximum Gasteiger partial charge on any atom is 0.167 e. The lowest BCUT2D eigenvalue weighted by atomic mass is 9.76. The molecular formula is C19H28NO2. The largest absolute Gasteiger partial charge is 0.395 e. The lowest BCUT2D eigenvalue weighted by Crippen LogP contribution is -2.45. The average molecular weight is 302 g/mol. The molecule has 1 fully saturated rings. The zero-order chi connectivity index (χ0) is 15.9. The molecule has 1 saturated heterocycles. The number of carbonyl (C=O) groups is 1. The molecule has 0 aliphatic carbocycles. The van der Waals surface area contributed by atoms with Crippen LogP contribution in [0.15, 0.2) is 30.3 Å². The summed E-state index contributed by atoms with van der Waals surface area (Å²) in [5.41, 5.74) is 0.806. The lowest BCUT2D eigenvalue weighted by molar-refractivity contribution is 0.0726. The van der Waals surface area contributed by atoms with Gasteiger partial charge in [0.1, 0.15) is 0 Å². The van der Waals surface area contributed by atoms with Gasteiger partial charge in [-0.05, 0) is 24.7 Å². The Kier molecular flexibility index (Phi) is 6.59. The van der Waals surface area contributed by atoms with E-state index in [2.05, 4.69) is 25.2 Å². The van der Waals surface area contributed by atoms with Gasteiger partial charge < -0.3 is 10.0 Å². The SMILES string of the molecule is CCC(C)C[C@H]1[CH]CN(CCO)C[C@@H]1C(=O)c1ccccc1. The maximum atomic E-state index is 12.9. The van der Waals surface area contributed by atoms with Gasteiger partial charge in [0.05, 0.1) is 6.61 Å². The molecule has 121 valence electrons. The van der Waals surface area contributed by atoms with Crippen LogP contribution in [0.2, 0.25) is 0 Å². The number of likely N-dealkylation sites (tertiary alicyclic amines) is 1. The van der Waals surface area contributed by atoms with Crippen LogP contribution >= 0.6 is 0 Å². The molecule has 0 spiro atoms. The van der Waals surface area contributed by atoms with Crippen LogP contribution < -0.4 is 0 Å². The normalized spacial score (nSPS) is 24.1. The molecule has 1 unspecified atom stereocenters. The molecule has 1 radical (unpaired) electrons. The summed E-state index contributed by atoms with van der Waals surface area (Å²) in [6, 6.07) is 9.61. The summed E-state index contributed by atoms with van der Waals surface area (Å²) in [5, 5.41) is 9.17. The van der Waals surface area contributed by atoms with Gasteiger partial charge in [0.25, 0.3) is 0 Å². The van der Waals surface area contributed by atoms with Crippen LogP contribution in [0.1, 0.15) is 37.0 Å². The van der Waals surface area contributed by atoms with E-state index in [1.54, 1.807) is 0 Å². The highest BCUT2D eigenvalue weighted by Gasteiger charge is 2.35. The summed E-state index contributed by atoms with van der Waals surface area (Å²) in [6.07, 6.45) is 4.51. The molecule has 2 rings (SSSR count). The second-order valence-electron chi connectivity index (χ2n) is 6.47. The molecule has 1 aromatic rings. The zero-order valence-electron chi connectivity index (χ0n) is 13.7. The minimum absolute atomic E-state index is 0.0108. The Morgan fingerprint density at radius 3 is 2.73 bits per heavy atom. The first-order chi connectivity index (χ1) is 10.7. The molecular weight excluding hydrogens is 274 g/mol. The fourth-order valence-corrected chi connectivity index (χ4v) is 3.25. The van der Waals surface area contributed by atoms with E-state index in [1.807, 2.05) is 30.3 Å². The third-order valence-electron chi connectivity index (χ3n) is 4.82. The van der Waals surface area contributed by atoms with Crippen molar-refractivity contribution in [3.05, 3.63) is 42.3 Å². The Morgan fingerprint density at radius 2 is 2.09 bits per heavy atom. The van der Waals surface area contributed by atoms with Crippen molar-refractivity contribution >= 4 is 5.78 Å². The van der Waals surface area contributed by atoms with Crippen molar-refractivity contribution in [1.29, 1.82) is 0 Å². The van der Waals surface area contributed by atoms with Crippen molar-refractivity contribution < 1.29 is 9.90 Å². The van der Waals surface area contributed by atoms with Gasteiger partial charge in [-0.2, -0.15) is 0 Å². The number of aliphatic hydroxyl groups is 1. The van der Waals surface area contributed by atoms with Gasteiger partial charge >= 0.3 is 0 Å². The number of β-amino-alcohol motifs (C(OH)–C–C–N with tert-alkyl or cyclic N) is 1. The summed E-state index contributed by atoms with van der Waals surface area (Å²) in [4.78, 5) is 15.1. The molecule has 1 aliphatic rings. The molecule has 1 N–H and O–H groups in total. The van der Waals surface area contributed by atoms with Crippen LogP contribution in [0.3, 0.4) is 0 Å². The first-order valence-corrected chi connectivity index (χ1v) is 8.41. The van der Waals surface area contributed by atoms with E-state index in [9.17, 15) is 4.79 Å². The van der Waals surface area contributed by atoms with Crippen molar-refractivity contribution in [2.45, 2.75) is 26.7 Å². The molecule has 1 aromatic carbocycles. The second kappa shape index (κ2) is 8.44. The second-order valence-corrected chi connectivity index (χ2v) is 6.47. The third-order valence-corrected chi connectivity index (χ3v) is 4.82. The first kappa shape index (κ1) is 17.2. The number of hydrogen-bond acceptors (Lipinski definition) is 3. The van der Waals surface area contributed by atoms with Crippen molar-refractivity contribution in [3.63, 3.8) is 0 Å². The molecule has 0 saturated carbocycles. The smallest absolute Gasteiger partial charge is 0.167 e. The molecule has 3 heteroatoms. The van der Waals surface area contributed by atoms with Gasteiger partial charge in [-0.1, -0.05) is 50.6 Å². The highest BCUT2D eigenvalue weighted by atomic mass is 16.3. The van der Waals surface area contributed by atoms with E-state index in [-0.39, 0.29) is 18.3 Å². The van der Waals surface area contributed by atoms with Gasteiger partial charge in [0.15, 0.2) is 5.78 Å². The van der Waals surface area contributed by atoms with Crippen molar-refractivity contribution in [2.75, 3.05) is 26.2 Å². The van der Waals surface area contributed by atoms with Crippen LogP contribution in [0.4, 0.5) is 0 Å². The van der Waals surface area contributed by atoms with Crippen LogP contribution in [0.5, 0.6) is 0 Å². The number of Topliss-reactive ketones (excluding diaryl/α,β-unsaturated/α-hetero) is 1. The van der Waals surface area contributed by atoms with E-state index >= 15 is 0 Å². The summed E-state index contributed by atoms with van der Waals surface area (Å²) in [5.74, 6) is 1.24. The van der Waals surface area contributed by atoms with Crippen LogP contribution in [-0.2, 0) is 0 Å². The molecule has 22 heavy (non-hydrogen) atoms. The Morgan fingerprint density at radius 1 is 1.36 bits per heavy atom. The van der Waals surface area contributed by atoms with E-state index in [4.69, 9.17) is 5.11 Å². The Hall–Kier alpha value is -1.19. The number of hydrogen-bond donors (Lipinski definition) is 1. The van der Waals surface area contributed by atoms with Crippen molar-refractivity contribution in [1.82, 2.24) is 4.90 Å². The summed E-state index contributed by atoms with van der Waals surface area (Å²) in [6.45, 7) is 6.89. The van der Waals surface area contributed by atoms with Crippen molar-refractivity contribution in [2.24, 2.45) is 17.8 Å². The number of nitrogens with zero attached hydrogens (tertiary/aromatic N) is 1. The summed E-state index contributed by atoms with van der Waals surface area (Å²) in [7, 11) is 0. The first-order valence-electron chi connectivity index (χ1n) is 8.41. The molecule has 0 bridgehead atoms. The molecule has 3 atom stereocenters. The number of carbonyl (C=O) groups excluding carboxylic acids is 1. The summed E-state index contributed by atoms with van der Waals surface area (Å²) < 4.78 is 0. The fraction of sp³-hybridized carbons (Fsp3) is 0.579. The van der Waals surface area contributed by atoms with Crippen LogP contribution in [-0.4, -0.2) is 42.0 Å². The number of piperidine rings is 1. The van der Waals surface area contributed by atoms with Gasteiger partial charge in [0, 0.05) is 31.1 Å². The number of ketones is 1. The third kappa shape index (κ3) is 4.40. The molecule has 1 heterocycles. The number of aliphatic hydroxyl groups excluding tert-OH is 1. The van der Waals surface area contributed by atoms with Crippen LogP contribution in [0.25, 0.3) is 0 Å². The molecule has 3 nitrogen and oxygen atoms in total. The molecule has 0 amide bonds. The minimum atomic E-state index is 0.0108. The topological polar surface area (TPSA) is 40.5 Å². The Labute approximate surface area is 134 Å². The lowest BCUT2D eigenvalue weighted by Gasteiger charge is -2.38. The predicted octanol–water partition coefficient (Wildman–Crippen LogP) is 3.05. The van der Waals surface area contributed by atoms with E-state index in [0.29, 0.717) is 18.4 Å².